The van der Waals surface area contributed by atoms with Crippen LogP contribution in [0.15, 0.2) is 33.2 Å². The van der Waals surface area contributed by atoms with Gasteiger partial charge in [-0.3, -0.25) is 0 Å². The van der Waals surface area contributed by atoms with Crippen LogP contribution in [0.25, 0.3) is 10.8 Å². The van der Waals surface area contributed by atoms with Gasteiger partial charge in [0.15, 0.2) is 0 Å². The summed E-state index contributed by atoms with van der Waals surface area (Å²) in [5.41, 5.74) is 2.89. The van der Waals surface area contributed by atoms with E-state index in [0.717, 1.165) is 6.42 Å². The van der Waals surface area contributed by atoms with Crippen LogP contribution in [0, 0.1) is 0 Å². The molecule has 0 spiro atoms. The molecule has 2 heteroatoms. The first-order valence-corrected chi connectivity index (χ1v) is 11.2. The van der Waals surface area contributed by atoms with Gasteiger partial charge in [-0.15, -0.1) is 0 Å². The van der Waals surface area contributed by atoms with Gasteiger partial charge in [-0.2, -0.15) is 0 Å². The third-order valence-corrected chi connectivity index (χ3v) is 6.37. The van der Waals surface area contributed by atoms with E-state index >= 15 is 0 Å². The Labute approximate surface area is 164 Å². The van der Waals surface area contributed by atoms with Crippen LogP contribution >= 0.6 is 31.9 Å². The van der Waals surface area contributed by atoms with Gasteiger partial charge in [0, 0.05) is 8.95 Å². The summed E-state index contributed by atoms with van der Waals surface area (Å²) in [6, 6.07) is 9.30. The SMILES string of the molecule is CCCCCCc1ccc2c(Br)c(CCCCCC)cc(Br)c2c1. The average molecular weight is 454 g/mol. The Morgan fingerprint density at radius 1 is 0.708 bits per heavy atom. The maximum atomic E-state index is 3.86. The summed E-state index contributed by atoms with van der Waals surface area (Å²) < 4.78 is 2.52. The van der Waals surface area contributed by atoms with Crippen molar-refractivity contribution in [2.24, 2.45) is 0 Å². The third kappa shape index (κ3) is 5.59. The molecule has 132 valence electrons. The van der Waals surface area contributed by atoms with Crippen molar-refractivity contribution in [1.29, 1.82) is 0 Å². The molecule has 0 aliphatic carbocycles. The minimum Gasteiger partial charge on any atom is -0.0654 e. The van der Waals surface area contributed by atoms with Gasteiger partial charge in [-0.25, -0.2) is 0 Å². The van der Waals surface area contributed by atoms with Gasteiger partial charge in [0.25, 0.3) is 0 Å². The topological polar surface area (TPSA) is 0 Å². The molecule has 0 bridgehead atoms. The highest BCUT2D eigenvalue weighted by Gasteiger charge is 2.10. The number of halogens is 2. The van der Waals surface area contributed by atoms with E-state index in [4.69, 9.17) is 0 Å². The Morgan fingerprint density at radius 2 is 1.38 bits per heavy atom. The quantitative estimate of drug-likeness (QED) is 0.315. The van der Waals surface area contributed by atoms with Gasteiger partial charge in [0.2, 0.25) is 0 Å². The van der Waals surface area contributed by atoms with Crippen molar-refractivity contribution < 1.29 is 0 Å². The van der Waals surface area contributed by atoms with Crippen molar-refractivity contribution in [1.82, 2.24) is 0 Å². The Hall–Kier alpha value is -0.340. The summed E-state index contributed by atoms with van der Waals surface area (Å²) in [6.07, 6.45) is 12.9. The first-order valence-electron chi connectivity index (χ1n) is 9.56. The van der Waals surface area contributed by atoms with Crippen molar-refractivity contribution in [3.8, 4) is 0 Å². The molecule has 24 heavy (non-hydrogen) atoms. The Bertz CT molecular complexity index is 646. The summed E-state index contributed by atoms with van der Waals surface area (Å²) >= 11 is 7.67. The van der Waals surface area contributed by atoms with Crippen molar-refractivity contribution >= 4 is 42.6 Å². The highest BCUT2D eigenvalue weighted by atomic mass is 79.9. The van der Waals surface area contributed by atoms with E-state index in [-0.39, 0.29) is 0 Å². The van der Waals surface area contributed by atoms with Crippen LogP contribution < -0.4 is 0 Å². The molecule has 0 saturated heterocycles. The molecule has 0 aliphatic rings. The Kier molecular flexibility index (Phi) is 8.83. The van der Waals surface area contributed by atoms with E-state index in [1.807, 2.05) is 0 Å². The number of aryl methyl sites for hydroxylation is 2. The second kappa shape index (κ2) is 10.6. The molecule has 0 radical (unpaired) electrons. The maximum Gasteiger partial charge on any atom is 0.0286 e. The van der Waals surface area contributed by atoms with Crippen molar-refractivity contribution in [3.63, 3.8) is 0 Å². The second-order valence-electron chi connectivity index (χ2n) is 6.83. The van der Waals surface area contributed by atoms with Crippen LogP contribution in [0.3, 0.4) is 0 Å². The molecule has 2 aromatic carbocycles. The first kappa shape index (κ1) is 20.0. The number of fused-ring (bicyclic) bond motifs is 1. The van der Waals surface area contributed by atoms with Gasteiger partial charge in [0.05, 0.1) is 0 Å². The molecule has 0 atom stereocenters. The third-order valence-electron chi connectivity index (χ3n) is 4.78. The number of unbranched alkanes of at least 4 members (excludes halogenated alkanes) is 6. The van der Waals surface area contributed by atoms with E-state index in [2.05, 4.69) is 70.0 Å². The molecule has 0 unspecified atom stereocenters. The Balaban J connectivity index is 2.13. The van der Waals surface area contributed by atoms with Crippen molar-refractivity contribution in [3.05, 3.63) is 44.3 Å². The maximum absolute atomic E-state index is 3.86. The van der Waals surface area contributed by atoms with E-state index in [1.165, 1.54) is 88.6 Å². The van der Waals surface area contributed by atoms with Crippen LogP contribution in [0.2, 0.25) is 0 Å². The second-order valence-corrected chi connectivity index (χ2v) is 8.48. The molecule has 0 aromatic heterocycles. The zero-order valence-electron chi connectivity index (χ0n) is 15.1. The summed E-state index contributed by atoms with van der Waals surface area (Å²) in [4.78, 5) is 0. The van der Waals surface area contributed by atoms with Crippen molar-refractivity contribution in [2.45, 2.75) is 78.1 Å². The minimum atomic E-state index is 1.16. The molecular formula is C22H30Br2. The van der Waals surface area contributed by atoms with E-state index in [9.17, 15) is 0 Å². The lowest BCUT2D eigenvalue weighted by molar-refractivity contribution is 0.666. The van der Waals surface area contributed by atoms with E-state index in [0.29, 0.717) is 0 Å². The van der Waals surface area contributed by atoms with Crippen molar-refractivity contribution in [2.75, 3.05) is 0 Å². The monoisotopic (exact) mass is 452 g/mol. The fourth-order valence-corrected chi connectivity index (χ4v) is 4.55. The van der Waals surface area contributed by atoms with Crippen LogP contribution in [-0.4, -0.2) is 0 Å². The summed E-state index contributed by atoms with van der Waals surface area (Å²) in [5.74, 6) is 0. The first-order chi connectivity index (χ1) is 11.7. The van der Waals surface area contributed by atoms with Gasteiger partial charge < -0.3 is 0 Å². The van der Waals surface area contributed by atoms with Crippen LogP contribution in [-0.2, 0) is 12.8 Å². The molecule has 0 fully saturated rings. The van der Waals surface area contributed by atoms with Gasteiger partial charge in [0.1, 0.15) is 0 Å². The molecular weight excluding hydrogens is 424 g/mol. The largest absolute Gasteiger partial charge is 0.0654 e. The minimum absolute atomic E-state index is 1.16. The number of benzene rings is 2. The van der Waals surface area contributed by atoms with E-state index < -0.39 is 0 Å². The number of hydrogen-bond acceptors (Lipinski definition) is 0. The zero-order valence-corrected chi connectivity index (χ0v) is 18.3. The molecule has 0 amide bonds. The molecule has 0 nitrogen and oxygen atoms in total. The van der Waals surface area contributed by atoms with Gasteiger partial charge >= 0.3 is 0 Å². The molecule has 2 aromatic rings. The molecule has 0 N–H and O–H groups in total. The summed E-state index contributed by atoms with van der Waals surface area (Å²) in [7, 11) is 0. The fourth-order valence-electron chi connectivity index (χ4n) is 3.28. The zero-order chi connectivity index (χ0) is 17.4. The van der Waals surface area contributed by atoms with Gasteiger partial charge in [-0.1, -0.05) is 80.4 Å². The average Bonchev–Trinajstić information content (AvgIpc) is 2.59. The van der Waals surface area contributed by atoms with Crippen LogP contribution in [0.5, 0.6) is 0 Å². The lowest BCUT2D eigenvalue weighted by atomic mass is 9.99. The lowest BCUT2D eigenvalue weighted by Gasteiger charge is -2.12. The molecule has 0 heterocycles. The molecule has 0 aliphatic heterocycles. The van der Waals surface area contributed by atoms with Crippen LogP contribution in [0.4, 0.5) is 0 Å². The predicted octanol–water partition coefficient (Wildman–Crippen LogP) is 8.61. The van der Waals surface area contributed by atoms with Gasteiger partial charge in [-0.05, 0) is 75.6 Å². The highest BCUT2D eigenvalue weighted by Crippen LogP contribution is 2.35. The van der Waals surface area contributed by atoms with E-state index in [1.54, 1.807) is 0 Å². The number of hydrogen-bond donors (Lipinski definition) is 0. The summed E-state index contributed by atoms with van der Waals surface area (Å²) in [5, 5.41) is 2.68. The molecule has 0 saturated carbocycles. The smallest absolute Gasteiger partial charge is 0.0286 e. The van der Waals surface area contributed by atoms with Crippen LogP contribution in [0.1, 0.15) is 76.3 Å². The highest BCUT2D eigenvalue weighted by molar-refractivity contribution is 9.11. The standard InChI is InChI=1S/C22H30Br2/c1-3-5-7-9-11-17-13-14-19-20(15-17)21(23)16-18(22(19)24)12-10-8-6-4-2/h13-16H,3-12H2,1-2H3. The normalized spacial score (nSPS) is 11.3. The predicted molar refractivity (Wildman–Crippen MR) is 115 cm³/mol. The fraction of sp³-hybridized carbons (Fsp3) is 0.545. The lowest BCUT2D eigenvalue weighted by Crippen LogP contribution is -1.92. The molecule has 2 rings (SSSR count). The summed E-state index contributed by atoms with van der Waals surface area (Å²) in [6.45, 7) is 4.53. The number of rotatable bonds is 10. The Morgan fingerprint density at radius 3 is 2.04 bits per heavy atom.